The molecular formula is C19H18P2. The van der Waals surface area contributed by atoms with Crippen LogP contribution in [0.25, 0.3) is 0 Å². The maximum Gasteiger partial charge on any atom is -0.0116 e. The fourth-order valence-electron chi connectivity index (χ4n) is 2.48. The number of hydrogen-bond acceptors (Lipinski definition) is 0. The molecule has 0 amide bonds. The van der Waals surface area contributed by atoms with Crippen LogP contribution in [0.15, 0.2) is 84.9 Å². The minimum atomic E-state index is -0.486. The van der Waals surface area contributed by atoms with E-state index in [0.717, 1.165) is 6.16 Å². The van der Waals surface area contributed by atoms with Crippen LogP contribution in [0.4, 0.5) is 0 Å². The molecule has 0 heterocycles. The Kier molecular flexibility index (Phi) is 4.81. The largest absolute Gasteiger partial charge is 0.133 e. The highest BCUT2D eigenvalue weighted by atomic mass is 31.1. The Morgan fingerprint density at radius 1 is 0.619 bits per heavy atom. The first-order chi connectivity index (χ1) is 10.4. The van der Waals surface area contributed by atoms with Crippen molar-refractivity contribution in [1.29, 1.82) is 0 Å². The molecular weight excluding hydrogens is 290 g/mol. The summed E-state index contributed by atoms with van der Waals surface area (Å²) in [6.07, 6.45) is 0.995. The van der Waals surface area contributed by atoms with Crippen LogP contribution in [-0.2, 0) is 6.16 Å². The molecule has 0 fully saturated rings. The van der Waals surface area contributed by atoms with Gasteiger partial charge in [-0.25, -0.2) is 0 Å². The highest BCUT2D eigenvalue weighted by Crippen LogP contribution is 2.34. The molecule has 0 aliphatic heterocycles. The van der Waals surface area contributed by atoms with Crippen molar-refractivity contribution in [2.75, 3.05) is 0 Å². The van der Waals surface area contributed by atoms with E-state index in [1.54, 1.807) is 0 Å². The van der Waals surface area contributed by atoms with Gasteiger partial charge in [0.1, 0.15) is 0 Å². The van der Waals surface area contributed by atoms with E-state index in [1.807, 2.05) is 0 Å². The van der Waals surface area contributed by atoms with Gasteiger partial charge in [0, 0.05) is 0 Å². The molecule has 0 N–H and O–H groups in total. The smallest absolute Gasteiger partial charge is 0.0116 e. The predicted octanol–water partition coefficient (Wildman–Crippen LogP) is 3.82. The normalized spacial score (nSPS) is 10.8. The van der Waals surface area contributed by atoms with E-state index in [9.17, 15) is 0 Å². The molecule has 0 aromatic heterocycles. The van der Waals surface area contributed by atoms with E-state index in [1.165, 1.54) is 21.5 Å². The SMILES string of the molecule is PCc1ccccc1P(c1ccccc1)c1ccccc1. The number of rotatable bonds is 4. The molecule has 0 saturated carbocycles. The van der Waals surface area contributed by atoms with Crippen molar-refractivity contribution in [3.05, 3.63) is 90.5 Å². The minimum Gasteiger partial charge on any atom is -0.133 e. The molecule has 0 aliphatic rings. The van der Waals surface area contributed by atoms with Crippen LogP contribution in [0, 0.1) is 0 Å². The Balaban J connectivity index is 2.17. The van der Waals surface area contributed by atoms with E-state index >= 15 is 0 Å². The molecule has 2 heteroatoms. The Hall–Kier alpha value is -1.48. The third-order valence-corrected chi connectivity index (χ3v) is 6.47. The first kappa shape index (κ1) is 14.5. The second kappa shape index (κ2) is 6.99. The van der Waals surface area contributed by atoms with Gasteiger partial charge in [0.25, 0.3) is 0 Å². The zero-order valence-electron chi connectivity index (χ0n) is 11.8. The van der Waals surface area contributed by atoms with E-state index in [0.29, 0.717) is 0 Å². The van der Waals surface area contributed by atoms with Crippen LogP contribution in [-0.4, -0.2) is 0 Å². The van der Waals surface area contributed by atoms with E-state index in [-0.39, 0.29) is 0 Å². The fourth-order valence-corrected chi connectivity index (χ4v) is 5.49. The minimum absolute atomic E-state index is 0.486. The van der Waals surface area contributed by atoms with Gasteiger partial charge >= 0.3 is 0 Å². The van der Waals surface area contributed by atoms with Crippen LogP contribution >= 0.6 is 17.2 Å². The zero-order valence-corrected chi connectivity index (χ0v) is 13.9. The molecule has 0 spiro atoms. The Bertz CT molecular complexity index is 654. The van der Waals surface area contributed by atoms with Gasteiger partial charge in [-0.2, -0.15) is 0 Å². The summed E-state index contributed by atoms with van der Waals surface area (Å²) in [4.78, 5) is 0. The topological polar surface area (TPSA) is 0 Å². The van der Waals surface area contributed by atoms with Gasteiger partial charge < -0.3 is 0 Å². The molecule has 0 bridgehead atoms. The van der Waals surface area contributed by atoms with E-state index < -0.39 is 7.92 Å². The fraction of sp³-hybridized carbons (Fsp3) is 0.0526. The average molecular weight is 308 g/mol. The molecule has 3 aromatic carbocycles. The summed E-state index contributed by atoms with van der Waals surface area (Å²) < 4.78 is 0. The van der Waals surface area contributed by atoms with Gasteiger partial charge in [0.2, 0.25) is 0 Å². The lowest BCUT2D eigenvalue weighted by atomic mass is 10.2. The molecule has 0 radical (unpaired) electrons. The maximum atomic E-state index is 2.86. The average Bonchev–Trinajstić information content (AvgIpc) is 2.58. The third-order valence-electron chi connectivity index (χ3n) is 3.48. The summed E-state index contributed by atoms with van der Waals surface area (Å²) in [6, 6.07) is 30.5. The second-order valence-electron chi connectivity index (χ2n) is 4.84. The molecule has 1 atom stereocenters. The van der Waals surface area contributed by atoms with Gasteiger partial charge in [-0.3, -0.25) is 0 Å². The van der Waals surface area contributed by atoms with Gasteiger partial charge in [-0.05, 0) is 35.6 Å². The van der Waals surface area contributed by atoms with Crippen molar-refractivity contribution in [3.63, 3.8) is 0 Å². The Morgan fingerprint density at radius 3 is 1.62 bits per heavy atom. The maximum absolute atomic E-state index is 2.86. The van der Waals surface area contributed by atoms with E-state index in [4.69, 9.17) is 0 Å². The molecule has 21 heavy (non-hydrogen) atoms. The standard InChI is InChI=1S/C19H18P2/c20-15-16-9-7-8-14-19(16)21(17-10-3-1-4-11-17)18-12-5-2-6-13-18/h1-14H,15,20H2. The summed E-state index contributed by atoms with van der Waals surface area (Å²) in [5.74, 6) is 0. The third kappa shape index (κ3) is 3.24. The molecule has 3 rings (SSSR count). The highest BCUT2D eigenvalue weighted by Gasteiger charge is 2.18. The molecule has 3 aromatic rings. The van der Waals surface area contributed by atoms with Crippen molar-refractivity contribution in [3.8, 4) is 0 Å². The monoisotopic (exact) mass is 308 g/mol. The van der Waals surface area contributed by atoms with Crippen molar-refractivity contribution >= 4 is 33.1 Å². The van der Waals surface area contributed by atoms with Crippen LogP contribution in [0.1, 0.15) is 5.56 Å². The van der Waals surface area contributed by atoms with Crippen LogP contribution in [0.5, 0.6) is 0 Å². The zero-order chi connectivity index (χ0) is 14.5. The van der Waals surface area contributed by atoms with Crippen molar-refractivity contribution < 1.29 is 0 Å². The quantitative estimate of drug-likeness (QED) is 0.643. The lowest BCUT2D eigenvalue weighted by Gasteiger charge is -2.21. The summed E-state index contributed by atoms with van der Waals surface area (Å²) in [5, 5.41) is 4.27. The number of hydrogen-bond donors (Lipinski definition) is 0. The highest BCUT2D eigenvalue weighted by molar-refractivity contribution is 7.79. The summed E-state index contributed by atoms with van der Waals surface area (Å²) >= 11 is 0. The van der Waals surface area contributed by atoms with Gasteiger partial charge in [0.15, 0.2) is 0 Å². The summed E-state index contributed by atoms with van der Waals surface area (Å²) in [5.41, 5.74) is 1.42. The lowest BCUT2D eigenvalue weighted by molar-refractivity contribution is 1.46. The first-order valence-electron chi connectivity index (χ1n) is 7.08. The second-order valence-corrected chi connectivity index (χ2v) is 7.43. The van der Waals surface area contributed by atoms with Crippen LogP contribution < -0.4 is 15.9 Å². The summed E-state index contributed by atoms with van der Waals surface area (Å²) in [6.45, 7) is 0. The van der Waals surface area contributed by atoms with Crippen LogP contribution in [0.3, 0.4) is 0 Å². The lowest BCUT2D eigenvalue weighted by Crippen LogP contribution is -2.22. The van der Waals surface area contributed by atoms with Crippen molar-refractivity contribution in [2.24, 2.45) is 0 Å². The Labute approximate surface area is 130 Å². The van der Waals surface area contributed by atoms with Crippen LogP contribution in [0.2, 0.25) is 0 Å². The first-order valence-corrected chi connectivity index (χ1v) is 9.24. The summed E-state index contributed by atoms with van der Waals surface area (Å²) in [7, 11) is 2.37. The predicted molar refractivity (Wildman–Crippen MR) is 98.6 cm³/mol. The van der Waals surface area contributed by atoms with Gasteiger partial charge in [0.05, 0.1) is 0 Å². The van der Waals surface area contributed by atoms with Crippen molar-refractivity contribution in [1.82, 2.24) is 0 Å². The van der Waals surface area contributed by atoms with Gasteiger partial charge in [-0.15, -0.1) is 9.24 Å². The van der Waals surface area contributed by atoms with E-state index in [2.05, 4.69) is 94.2 Å². The number of benzene rings is 3. The molecule has 104 valence electrons. The molecule has 0 aliphatic carbocycles. The Morgan fingerprint density at radius 2 is 1.10 bits per heavy atom. The molecule has 0 saturated heterocycles. The molecule has 0 nitrogen and oxygen atoms in total. The van der Waals surface area contributed by atoms with Gasteiger partial charge in [-0.1, -0.05) is 84.9 Å². The molecule has 1 unspecified atom stereocenters. The van der Waals surface area contributed by atoms with Crippen molar-refractivity contribution in [2.45, 2.75) is 6.16 Å².